The minimum atomic E-state index is -0.121. The van der Waals surface area contributed by atoms with Crippen LogP contribution in [0.25, 0.3) is 0 Å². The first kappa shape index (κ1) is 12.0. The van der Waals surface area contributed by atoms with Gasteiger partial charge in [-0.1, -0.05) is 47.5 Å². The zero-order valence-electron chi connectivity index (χ0n) is 10.4. The van der Waals surface area contributed by atoms with E-state index in [-0.39, 0.29) is 11.5 Å². The highest BCUT2D eigenvalue weighted by Crippen LogP contribution is 2.59. The molecule has 1 rings (SSSR count). The molecule has 0 heterocycles. The van der Waals surface area contributed by atoms with E-state index >= 15 is 0 Å². The monoisotopic (exact) mass is 198 g/mol. The summed E-state index contributed by atoms with van der Waals surface area (Å²) in [5, 5.41) is 10.2. The number of rotatable bonds is 4. The van der Waals surface area contributed by atoms with E-state index in [1.165, 1.54) is 25.7 Å². The van der Waals surface area contributed by atoms with Crippen LogP contribution in [-0.2, 0) is 0 Å². The summed E-state index contributed by atoms with van der Waals surface area (Å²) in [7, 11) is 0. The lowest BCUT2D eigenvalue weighted by Gasteiger charge is -2.28. The van der Waals surface area contributed by atoms with Crippen LogP contribution in [0.4, 0.5) is 0 Å². The van der Waals surface area contributed by atoms with Gasteiger partial charge in [-0.15, -0.1) is 0 Å². The van der Waals surface area contributed by atoms with Gasteiger partial charge in [-0.05, 0) is 29.6 Å². The van der Waals surface area contributed by atoms with Crippen LogP contribution in [0.2, 0.25) is 0 Å². The second-order valence-electron chi connectivity index (χ2n) is 6.38. The molecule has 84 valence electrons. The van der Waals surface area contributed by atoms with Gasteiger partial charge in [-0.3, -0.25) is 0 Å². The highest BCUT2D eigenvalue weighted by Gasteiger charge is 2.54. The van der Waals surface area contributed by atoms with E-state index in [9.17, 15) is 5.11 Å². The minimum absolute atomic E-state index is 0.0502. The van der Waals surface area contributed by atoms with Crippen LogP contribution in [0, 0.1) is 16.7 Å². The summed E-state index contributed by atoms with van der Waals surface area (Å²) >= 11 is 0. The average Bonchev–Trinajstić information content (AvgIpc) is 2.72. The Bertz CT molecular complexity index is 192. The molecule has 14 heavy (non-hydrogen) atoms. The molecule has 1 heteroatoms. The van der Waals surface area contributed by atoms with Gasteiger partial charge in [0, 0.05) is 0 Å². The Balaban J connectivity index is 2.44. The van der Waals surface area contributed by atoms with E-state index in [0.717, 1.165) is 0 Å². The fourth-order valence-electron chi connectivity index (χ4n) is 2.41. The van der Waals surface area contributed by atoms with Gasteiger partial charge in [-0.25, -0.2) is 0 Å². The fourth-order valence-corrected chi connectivity index (χ4v) is 2.41. The maximum atomic E-state index is 10.2. The summed E-state index contributed by atoms with van der Waals surface area (Å²) in [5.74, 6) is 0.550. The molecule has 0 amide bonds. The molecule has 0 aliphatic heterocycles. The van der Waals surface area contributed by atoms with Gasteiger partial charge < -0.3 is 5.11 Å². The number of aliphatic hydroxyl groups excluding tert-OH is 1. The van der Waals surface area contributed by atoms with Crippen LogP contribution in [0.3, 0.4) is 0 Å². The van der Waals surface area contributed by atoms with Crippen molar-refractivity contribution >= 4 is 0 Å². The van der Waals surface area contributed by atoms with Gasteiger partial charge in [0.05, 0.1) is 6.10 Å². The molecular formula is C13H26O. The summed E-state index contributed by atoms with van der Waals surface area (Å²) in [6, 6.07) is 0. The quantitative estimate of drug-likeness (QED) is 0.731. The van der Waals surface area contributed by atoms with Gasteiger partial charge >= 0.3 is 0 Å². The van der Waals surface area contributed by atoms with Gasteiger partial charge in [0.1, 0.15) is 0 Å². The second kappa shape index (κ2) is 3.84. The third-order valence-electron chi connectivity index (χ3n) is 3.79. The van der Waals surface area contributed by atoms with Crippen LogP contribution in [0.5, 0.6) is 0 Å². The first-order valence-electron chi connectivity index (χ1n) is 5.99. The van der Waals surface area contributed by atoms with Crippen molar-refractivity contribution in [2.75, 3.05) is 0 Å². The zero-order valence-corrected chi connectivity index (χ0v) is 10.4. The summed E-state index contributed by atoms with van der Waals surface area (Å²) in [5.41, 5.74) is 0.497. The number of hydrogen-bond donors (Lipinski definition) is 1. The standard InChI is InChI=1S/C13H26O/c1-6-7-8-13(5)9-10(13)11(14)12(2,3)4/h10-11,14H,6-9H2,1-5H3/t10-,11-,13+/m0/s1. The van der Waals surface area contributed by atoms with Crippen molar-refractivity contribution in [1.82, 2.24) is 0 Å². The van der Waals surface area contributed by atoms with Gasteiger partial charge in [0.25, 0.3) is 0 Å². The van der Waals surface area contributed by atoms with Crippen molar-refractivity contribution < 1.29 is 5.11 Å². The van der Waals surface area contributed by atoms with Gasteiger partial charge in [-0.2, -0.15) is 0 Å². The Morgan fingerprint density at radius 2 is 2.00 bits per heavy atom. The minimum Gasteiger partial charge on any atom is -0.392 e. The predicted octanol–water partition coefficient (Wildman–Crippen LogP) is 3.61. The number of unbranched alkanes of at least 4 members (excludes halogenated alkanes) is 1. The highest BCUT2D eigenvalue weighted by molar-refractivity contribution is 5.04. The Morgan fingerprint density at radius 3 is 2.43 bits per heavy atom. The van der Waals surface area contributed by atoms with E-state index in [2.05, 4.69) is 34.6 Å². The Labute approximate surface area is 88.9 Å². The molecule has 0 aromatic carbocycles. The lowest BCUT2D eigenvalue weighted by molar-refractivity contribution is 0.0316. The highest BCUT2D eigenvalue weighted by atomic mass is 16.3. The Morgan fingerprint density at radius 1 is 1.43 bits per heavy atom. The van der Waals surface area contributed by atoms with Crippen LogP contribution in [-0.4, -0.2) is 11.2 Å². The van der Waals surface area contributed by atoms with Crippen molar-refractivity contribution in [3.05, 3.63) is 0 Å². The van der Waals surface area contributed by atoms with Crippen LogP contribution >= 0.6 is 0 Å². The van der Waals surface area contributed by atoms with E-state index < -0.39 is 0 Å². The van der Waals surface area contributed by atoms with E-state index in [4.69, 9.17) is 0 Å². The third kappa shape index (κ3) is 2.50. The first-order chi connectivity index (χ1) is 6.31. The molecule has 0 unspecified atom stereocenters. The molecule has 1 aliphatic rings. The molecule has 0 radical (unpaired) electrons. The number of hydrogen-bond acceptors (Lipinski definition) is 1. The van der Waals surface area contributed by atoms with Crippen molar-refractivity contribution in [3.8, 4) is 0 Å². The van der Waals surface area contributed by atoms with Gasteiger partial charge in [0.2, 0.25) is 0 Å². The molecule has 1 saturated carbocycles. The topological polar surface area (TPSA) is 20.2 Å². The Hall–Kier alpha value is -0.0400. The molecule has 1 fully saturated rings. The largest absolute Gasteiger partial charge is 0.392 e. The molecule has 1 N–H and O–H groups in total. The summed E-state index contributed by atoms with van der Waals surface area (Å²) in [6.45, 7) is 11.0. The van der Waals surface area contributed by atoms with Crippen molar-refractivity contribution in [2.24, 2.45) is 16.7 Å². The maximum absolute atomic E-state index is 10.2. The normalized spacial score (nSPS) is 34.3. The zero-order chi connectivity index (χ0) is 11.0. The Kier molecular flexibility index (Phi) is 3.30. The van der Waals surface area contributed by atoms with Crippen LogP contribution in [0.15, 0.2) is 0 Å². The molecule has 1 aliphatic carbocycles. The predicted molar refractivity (Wildman–Crippen MR) is 61.2 cm³/mol. The molecule has 0 aromatic rings. The molecule has 0 spiro atoms. The second-order valence-corrected chi connectivity index (χ2v) is 6.38. The van der Waals surface area contributed by atoms with Crippen molar-refractivity contribution in [3.63, 3.8) is 0 Å². The van der Waals surface area contributed by atoms with Crippen molar-refractivity contribution in [1.29, 1.82) is 0 Å². The van der Waals surface area contributed by atoms with Crippen LogP contribution in [0.1, 0.15) is 60.3 Å². The van der Waals surface area contributed by atoms with E-state index in [0.29, 0.717) is 11.3 Å². The fraction of sp³-hybridized carbons (Fsp3) is 1.00. The van der Waals surface area contributed by atoms with Gasteiger partial charge in [0.15, 0.2) is 0 Å². The lowest BCUT2D eigenvalue weighted by atomic mass is 9.83. The van der Waals surface area contributed by atoms with Crippen molar-refractivity contribution in [2.45, 2.75) is 66.4 Å². The summed E-state index contributed by atoms with van der Waals surface area (Å²) in [6.07, 6.45) is 4.98. The van der Waals surface area contributed by atoms with Crippen LogP contribution < -0.4 is 0 Å². The third-order valence-corrected chi connectivity index (χ3v) is 3.79. The van der Waals surface area contributed by atoms with E-state index in [1.54, 1.807) is 0 Å². The number of aliphatic hydroxyl groups is 1. The molecule has 0 saturated heterocycles. The summed E-state index contributed by atoms with van der Waals surface area (Å²) < 4.78 is 0. The van der Waals surface area contributed by atoms with E-state index in [1.807, 2.05) is 0 Å². The molecular weight excluding hydrogens is 172 g/mol. The summed E-state index contributed by atoms with van der Waals surface area (Å²) in [4.78, 5) is 0. The molecule has 0 aromatic heterocycles. The molecule has 1 nitrogen and oxygen atoms in total. The molecule has 0 bridgehead atoms. The maximum Gasteiger partial charge on any atom is 0.0622 e. The average molecular weight is 198 g/mol. The smallest absolute Gasteiger partial charge is 0.0622 e. The molecule has 3 atom stereocenters. The lowest BCUT2D eigenvalue weighted by Crippen LogP contribution is -2.30. The first-order valence-corrected chi connectivity index (χ1v) is 5.99. The SMILES string of the molecule is CCCC[C@]1(C)C[C@H]1[C@H](O)C(C)(C)C.